The van der Waals surface area contributed by atoms with E-state index in [1.54, 1.807) is 18.3 Å². The van der Waals surface area contributed by atoms with E-state index in [0.717, 1.165) is 6.42 Å². The summed E-state index contributed by atoms with van der Waals surface area (Å²) in [6.45, 7) is 7.19. The summed E-state index contributed by atoms with van der Waals surface area (Å²) in [4.78, 5) is 15.8. The van der Waals surface area contributed by atoms with Crippen molar-refractivity contribution >= 4 is 11.8 Å². The van der Waals surface area contributed by atoms with E-state index in [1.807, 2.05) is 0 Å². The van der Waals surface area contributed by atoms with E-state index in [2.05, 4.69) is 47.8 Å². The lowest BCUT2D eigenvalue weighted by atomic mass is 10.0. The average Bonchev–Trinajstić information content (AvgIpc) is 2.49. The molecule has 0 saturated heterocycles. The lowest BCUT2D eigenvalue weighted by molar-refractivity contribution is 0.232. The molecule has 6 heteroatoms. The smallest absolute Gasteiger partial charge is 0.315 e. The zero-order valence-corrected chi connectivity index (χ0v) is 12.8. The lowest BCUT2D eigenvalue weighted by Crippen LogP contribution is -2.45. The molecule has 1 heterocycles. The van der Waals surface area contributed by atoms with Crippen molar-refractivity contribution in [2.24, 2.45) is 5.92 Å². The van der Waals surface area contributed by atoms with Gasteiger partial charge < -0.3 is 16.0 Å². The molecule has 0 saturated carbocycles. The Kier molecular flexibility index (Phi) is 7.02. The Hall–Kier alpha value is -2.29. The Morgan fingerprint density at radius 2 is 2.19 bits per heavy atom. The van der Waals surface area contributed by atoms with Gasteiger partial charge in [0.15, 0.2) is 0 Å². The van der Waals surface area contributed by atoms with Crippen LogP contribution < -0.4 is 16.0 Å². The second kappa shape index (κ2) is 8.80. The number of carbonyl (C=O) groups is 1. The van der Waals surface area contributed by atoms with Crippen LogP contribution in [-0.2, 0) is 0 Å². The van der Waals surface area contributed by atoms with Crippen LogP contribution in [0.3, 0.4) is 0 Å². The van der Waals surface area contributed by atoms with Crippen molar-refractivity contribution < 1.29 is 4.79 Å². The van der Waals surface area contributed by atoms with Crippen LogP contribution in [0.1, 0.15) is 32.8 Å². The highest BCUT2D eigenvalue weighted by molar-refractivity contribution is 5.74. The standard InChI is InChI=1S/C15H23N5O/c1-4-13(11(2)3)20-15(21)19-9-8-18-14-12(10-16)6-5-7-17-14/h5-7,11,13H,4,8-9H2,1-3H3,(H,17,18)(H2,19,20,21)/t13-/m0/s1. The van der Waals surface area contributed by atoms with Gasteiger partial charge in [-0.1, -0.05) is 20.8 Å². The summed E-state index contributed by atoms with van der Waals surface area (Å²) in [5.41, 5.74) is 0.493. The SMILES string of the molecule is CC[C@H](NC(=O)NCCNc1ncccc1C#N)C(C)C. The number of nitrogens with one attached hydrogen (secondary N) is 3. The molecule has 21 heavy (non-hydrogen) atoms. The first-order valence-corrected chi connectivity index (χ1v) is 7.21. The molecule has 0 aliphatic carbocycles. The Morgan fingerprint density at radius 3 is 2.81 bits per heavy atom. The number of hydrogen-bond acceptors (Lipinski definition) is 4. The van der Waals surface area contributed by atoms with Gasteiger partial charge in [0.05, 0.1) is 5.56 Å². The van der Waals surface area contributed by atoms with E-state index in [-0.39, 0.29) is 12.1 Å². The summed E-state index contributed by atoms with van der Waals surface area (Å²) in [6.07, 6.45) is 2.53. The second-order valence-electron chi connectivity index (χ2n) is 5.10. The average molecular weight is 289 g/mol. The van der Waals surface area contributed by atoms with E-state index < -0.39 is 0 Å². The molecular formula is C15H23N5O. The number of nitriles is 1. The summed E-state index contributed by atoms with van der Waals surface area (Å²) in [5, 5.41) is 17.7. The van der Waals surface area contributed by atoms with Crippen molar-refractivity contribution in [3.63, 3.8) is 0 Å². The molecule has 0 unspecified atom stereocenters. The van der Waals surface area contributed by atoms with Gasteiger partial charge in [0.2, 0.25) is 0 Å². The normalized spacial score (nSPS) is 11.6. The number of amides is 2. The fourth-order valence-electron chi connectivity index (χ4n) is 1.95. The zero-order valence-electron chi connectivity index (χ0n) is 12.8. The predicted molar refractivity (Wildman–Crippen MR) is 82.9 cm³/mol. The molecule has 3 N–H and O–H groups in total. The highest BCUT2D eigenvalue weighted by Gasteiger charge is 2.13. The number of aromatic nitrogens is 1. The number of carbonyl (C=O) groups excluding carboxylic acids is 1. The van der Waals surface area contributed by atoms with Crippen LogP contribution in [-0.4, -0.2) is 30.1 Å². The number of nitrogens with zero attached hydrogens (tertiary/aromatic N) is 2. The minimum absolute atomic E-state index is 0.168. The second-order valence-corrected chi connectivity index (χ2v) is 5.10. The van der Waals surface area contributed by atoms with Crippen molar-refractivity contribution in [1.29, 1.82) is 5.26 Å². The monoisotopic (exact) mass is 289 g/mol. The van der Waals surface area contributed by atoms with E-state index in [0.29, 0.717) is 30.4 Å². The van der Waals surface area contributed by atoms with Crippen molar-refractivity contribution in [3.05, 3.63) is 23.9 Å². The maximum absolute atomic E-state index is 11.7. The van der Waals surface area contributed by atoms with Gasteiger partial charge in [0.1, 0.15) is 11.9 Å². The first kappa shape index (κ1) is 16.8. The highest BCUT2D eigenvalue weighted by Crippen LogP contribution is 2.08. The van der Waals surface area contributed by atoms with Crippen LogP contribution in [0, 0.1) is 17.2 Å². The Labute approximate surface area is 126 Å². The van der Waals surface area contributed by atoms with Gasteiger partial charge in [-0.2, -0.15) is 5.26 Å². The predicted octanol–water partition coefficient (Wildman–Crippen LogP) is 2.10. The fraction of sp³-hybridized carbons (Fsp3) is 0.533. The molecule has 0 aromatic carbocycles. The van der Waals surface area contributed by atoms with Crippen molar-refractivity contribution in [2.45, 2.75) is 33.2 Å². The molecule has 0 fully saturated rings. The maximum Gasteiger partial charge on any atom is 0.315 e. The molecule has 1 atom stereocenters. The zero-order chi connectivity index (χ0) is 15.7. The highest BCUT2D eigenvalue weighted by atomic mass is 16.2. The van der Waals surface area contributed by atoms with Crippen LogP contribution in [0.15, 0.2) is 18.3 Å². The van der Waals surface area contributed by atoms with E-state index in [1.165, 1.54) is 0 Å². The summed E-state index contributed by atoms with van der Waals surface area (Å²) < 4.78 is 0. The van der Waals surface area contributed by atoms with Gasteiger partial charge in [0, 0.05) is 25.3 Å². The third-order valence-electron chi connectivity index (χ3n) is 3.19. The maximum atomic E-state index is 11.7. The van der Waals surface area contributed by atoms with Crippen LogP contribution in [0.25, 0.3) is 0 Å². The van der Waals surface area contributed by atoms with Gasteiger partial charge >= 0.3 is 6.03 Å². The summed E-state index contributed by atoms with van der Waals surface area (Å²) in [7, 11) is 0. The molecule has 6 nitrogen and oxygen atoms in total. The summed E-state index contributed by atoms with van der Waals surface area (Å²) in [6, 6.07) is 5.49. The molecule has 0 aliphatic rings. The van der Waals surface area contributed by atoms with E-state index in [4.69, 9.17) is 5.26 Å². The Balaban J connectivity index is 2.31. The summed E-state index contributed by atoms with van der Waals surface area (Å²) in [5.74, 6) is 0.946. The van der Waals surface area contributed by atoms with Crippen LogP contribution in [0.4, 0.5) is 10.6 Å². The molecule has 1 aromatic rings. The first-order chi connectivity index (χ1) is 10.1. The minimum Gasteiger partial charge on any atom is -0.367 e. The van der Waals surface area contributed by atoms with Crippen LogP contribution in [0.5, 0.6) is 0 Å². The number of anilines is 1. The van der Waals surface area contributed by atoms with Gasteiger partial charge in [-0.15, -0.1) is 0 Å². The fourth-order valence-corrected chi connectivity index (χ4v) is 1.95. The molecular weight excluding hydrogens is 266 g/mol. The van der Waals surface area contributed by atoms with E-state index >= 15 is 0 Å². The minimum atomic E-state index is -0.168. The molecule has 1 aromatic heterocycles. The molecule has 0 bridgehead atoms. The topological polar surface area (TPSA) is 89.8 Å². The quantitative estimate of drug-likeness (QED) is 0.670. The van der Waals surface area contributed by atoms with Crippen molar-refractivity contribution in [3.8, 4) is 6.07 Å². The molecule has 114 valence electrons. The number of rotatable bonds is 7. The van der Waals surface area contributed by atoms with Crippen molar-refractivity contribution in [2.75, 3.05) is 18.4 Å². The number of pyridine rings is 1. The largest absolute Gasteiger partial charge is 0.367 e. The molecule has 0 spiro atoms. The van der Waals surface area contributed by atoms with Crippen molar-refractivity contribution in [1.82, 2.24) is 15.6 Å². The molecule has 0 radical (unpaired) electrons. The van der Waals surface area contributed by atoms with Gasteiger partial charge in [0.25, 0.3) is 0 Å². The van der Waals surface area contributed by atoms with Gasteiger partial charge in [-0.05, 0) is 24.5 Å². The van der Waals surface area contributed by atoms with Gasteiger partial charge in [-0.3, -0.25) is 0 Å². The number of hydrogen-bond donors (Lipinski definition) is 3. The molecule has 0 aliphatic heterocycles. The molecule has 2 amide bonds. The Morgan fingerprint density at radius 1 is 1.43 bits per heavy atom. The lowest BCUT2D eigenvalue weighted by Gasteiger charge is -2.21. The Bertz CT molecular complexity index is 495. The first-order valence-electron chi connectivity index (χ1n) is 7.21. The molecule has 1 rings (SSSR count). The third kappa shape index (κ3) is 5.69. The van der Waals surface area contributed by atoms with Gasteiger partial charge in [-0.25, -0.2) is 9.78 Å². The van der Waals surface area contributed by atoms with Crippen LogP contribution in [0.2, 0.25) is 0 Å². The van der Waals surface area contributed by atoms with E-state index in [9.17, 15) is 4.79 Å². The number of urea groups is 1. The van der Waals surface area contributed by atoms with Crippen LogP contribution >= 0.6 is 0 Å². The summed E-state index contributed by atoms with van der Waals surface area (Å²) >= 11 is 0. The third-order valence-corrected chi connectivity index (χ3v) is 3.19.